The number of alkyl halides is 2. The molecule has 4 nitrogen and oxygen atoms in total. The van der Waals surface area contributed by atoms with E-state index in [-0.39, 0.29) is 11.8 Å². The molecule has 2 rings (SSSR count). The SMILES string of the molecule is CC(=O)Nc1ccc(NC(=O)[C@@]2(C)CC2(Cl)Cl)cc1Cl. The molecule has 1 aromatic rings. The zero-order valence-corrected chi connectivity index (χ0v) is 13.2. The topological polar surface area (TPSA) is 58.2 Å². The van der Waals surface area contributed by atoms with E-state index < -0.39 is 9.75 Å². The summed E-state index contributed by atoms with van der Waals surface area (Å²) in [5.41, 5.74) is 0.212. The third kappa shape index (κ3) is 2.87. The molecule has 0 radical (unpaired) electrons. The minimum Gasteiger partial charge on any atom is -0.325 e. The van der Waals surface area contributed by atoms with Gasteiger partial charge in [-0.15, -0.1) is 23.2 Å². The molecule has 0 saturated heterocycles. The Bertz CT molecular complexity index is 589. The van der Waals surface area contributed by atoms with Crippen molar-refractivity contribution in [3.63, 3.8) is 0 Å². The zero-order chi connectivity index (χ0) is 15.1. The van der Waals surface area contributed by atoms with E-state index in [9.17, 15) is 9.59 Å². The first-order valence-corrected chi connectivity index (χ1v) is 7.05. The number of amides is 2. The second kappa shape index (κ2) is 5.10. The normalized spacial score (nSPS) is 23.1. The van der Waals surface area contributed by atoms with E-state index in [4.69, 9.17) is 34.8 Å². The van der Waals surface area contributed by atoms with Gasteiger partial charge in [0.05, 0.1) is 16.1 Å². The van der Waals surface area contributed by atoms with Crippen LogP contribution in [0.5, 0.6) is 0 Å². The summed E-state index contributed by atoms with van der Waals surface area (Å²) in [5.74, 6) is -0.478. The minimum absolute atomic E-state index is 0.219. The summed E-state index contributed by atoms with van der Waals surface area (Å²) in [5, 5.41) is 5.63. The van der Waals surface area contributed by atoms with E-state index in [1.54, 1.807) is 25.1 Å². The van der Waals surface area contributed by atoms with Crippen molar-refractivity contribution in [2.45, 2.75) is 24.6 Å². The first-order chi connectivity index (χ1) is 9.15. The Labute approximate surface area is 131 Å². The molecule has 2 amide bonds. The van der Waals surface area contributed by atoms with Crippen LogP contribution in [0, 0.1) is 5.41 Å². The number of nitrogens with one attached hydrogen (secondary N) is 2. The average Bonchev–Trinajstić information content (AvgIpc) is 2.83. The summed E-state index contributed by atoms with van der Waals surface area (Å²) in [6, 6.07) is 4.81. The smallest absolute Gasteiger partial charge is 0.233 e. The molecule has 0 heterocycles. The lowest BCUT2D eigenvalue weighted by Gasteiger charge is -2.13. The Morgan fingerprint density at radius 1 is 1.25 bits per heavy atom. The molecule has 0 bridgehead atoms. The predicted molar refractivity (Wildman–Crippen MR) is 81.5 cm³/mol. The highest BCUT2D eigenvalue weighted by Gasteiger charge is 2.67. The van der Waals surface area contributed by atoms with Crippen molar-refractivity contribution >= 4 is 58.0 Å². The number of hydrogen-bond acceptors (Lipinski definition) is 2. The van der Waals surface area contributed by atoms with Crippen molar-refractivity contribution in [2.75, 3.05) is 10.6 Å². The van der Waals surface area contributed by atoms with Crippen molar-refractivity contribution in [3.05, 3.63) is 23.2 Å². The van der Waals surface area contributed by atoms with Gasteiger partial charge in [0.15, 0.2) is 0 Å². The van der Waals surface area contributed by atoms with Gasteiger partial charge in [-0.05, 0) is 31.5 Å². The molecule has 1 aliphatic carbocycles. The predicted octanol–water partition coefficient (Wildman–Crippen LogP) is 3.82. The number of anilines is 2. The summed E-state index contributed by atoms with van der Waals surface area (Å²) < 4.78 is -1.02. The molecular weight excluding hydrogens is 323 g/mol. The quantitative estimate of drug-likeness (QED) is 0.825. The van der Waals surface area contributed by atoms with Crippen molar-refractivity contribution < 1.29 is 9.59 Å². The van der Waals surface area contributed by atoms with Gasteiger partial charge in [0, 0.05) is 12.6 Å². The van der Waals surface area contributed by atoms with Gasteiger partial charge in [-0.1, -0.05) is 11.6 Å². The third-order valence-electron chi connectivity index (χ3n) is 3.30. The van der Waals surface area contributed by atoms with Crippen LogP contribution >= 0.6 is 34.8 Å². The monoisotopic (exact) mass is 334 g/mol. The molecule has 1 aliphatic rings. The van der Waals surface area contributed by atoms with Crippen LogP contribution in [0.25, 0.3) is 0 Å². The van der Waals surface area contributed by atoms with Crippen LogP contribution < -0.4 is 10.6 Å². The first-order valence-electron chi connectivity index (χ1n) is 5.92. The second-order valence-corrected chi connectivity index (χ2v) is 6.93. The molecule has 2 N–H and O–H groups in total. The minimum atomic E-state index is -1.02. The average molecular weight is 336 g/mol. The van der Waals surface area contributed by atoms with E-state index in [1.165, 1.54) is 6.92 Å². The van der Waals surface area contributed by atoms with Gasteiger partial charge in [-0.25, -0.2) is 0 Å². The highest BCUT2D eigenvalue weighted by atomic mass is 35.5. The van der Waals surface area contributed by atoms with Gasteiger partial charge in [-0.2, -0.15) is 0 Å². The van der Waals surface area contributed by atoms with Crippen molar-refractivity contribution in [1.29, 1.82) is 0 Å². The van der Waals surface area contributed by atoms with Gasteiger partial charge >= 0.3 is 0 Å². The molecule has 0 aliphatic heterocycles. The summed E-state index contributed by atoms with van der Waals surface area (Å²) in [4.78, 5) is 23.1. The largest absolute Gasteiger partial charge is 0.325 e. The lowest BCUT2D eigenvalue weighted by Crippen LogP contribution is -2.25. The van der Waals surface area contributed by atoms with Crippen LogP contribution in [0.2, 0.25) is 5.02 Å². The number of carbonyl (C=O) groups is 2. The van der Waals surface area contributed by atoms with Gasteiger partial charge in [0.1, 0.15) is 4.33 Å². The standard InChI is InChI=1S/C13H13Cl3N2O2/c1-7(19)17-10-4-3-8(5-9(10)14)18-11(20)12(2)6-13(12,15)16/h3-5H,6H2,1-2H3,(H,17,19)(H,18,20)/t12-/m1/s1. The molecular formula is C13H13Cl3N2O2. The highest BCUT2D eigenvalue weighted by Crippen LogP contribution is 2.64. The van der Waals surface area contributed by atoms with E-state index in [1.807, 2.05) is 0 Å². The maximum atomic E-state index is 12.1. The maximum Gasteiger partial charge on any atom is 0.233 e. The summed E-state index contributed by atoms with van der Waals surface area (Å²) in [6.07, 6.45) is 0.409. The van der Waals surface area contributed by atoms with E-state index in [2.05, 4.69) is 10.6 Å². The number of rotatable bonds is 3. The summed E-state index contributed by atoms with van der Waals surface area (Å²) in [6.45, 7) is 3.09. The fourth-order valence-electron chi connectivity index (χ4n) is 1.80. The molecule has 20 heavy (non-hydrogen) atoms. The first kappa shape index (κ1) is 15.4. The Morgan fingerprint density at radius 3 is 2.30 bits per heavy atom. The molecule has 1 fully saturated rings. The number of halogens is 3. The third-order valence-corrected chi connectivity index (χ3v) is 4.71. The van der Waals surface area contributed by atoms with Crippen molar-refractivity contribution in [3.8, 4) is 0 Å². The molecule has 0 unspecified atom stereocenters. The van der Waals surface area contributed by atoms with Crippen LogP contribution in [0.15, 0.2) is 18.2 Å². The fourth-order valence-corrected chi connectivity index (χ4v) is 2.73. The molecule has 0 aromatic heterocycles. The van der Waals surface area contributed by atoms with E-state index in [0.717, 1.165) is 0 Å². The molecule has 1 aromatic carbocycles. The van der Waals surface area contributed by atoms with Crippen molar-refractivity contribution in [2.24, 2.45) is 5.41 Å². The lowest BCUT2D eigenvalue weighted by atomic mass is 10.1. The molecule has 7 heteroatoms. The number of carbonyl (C=O) groups excluding carboxylic acids is 2. The van der Waals surface area contributed by atoms with Crippen LogP contribution in [-0.4, -0.2) is 16.1 Å². The highest BCUT2D eigenvalue weighted by molar-refractivity contribution is 6.53. The zero-order valence-electron chi connectivity index (χ0n) is 10.9. The molecule has 1 saturated carbocycles. The van der Waals surface area contributed by atoms with Gasteiger partial charge < -0.3 is 10.6 Å². The van der Waals surface area contributed by atoms with Gasteiger partial charge in [0.2, 0.25) is 11.8 Å². The number of benzene rings is 1. The van der Waals surface area contributed by atoms with E-state index in [0.29, 0.717) is 22.8 Å². The van der Waals surface area contributed by atoms with Gasteiger partial charge in [0.25, 0.3) is 0 Å². The van der Waals surface area contributed by atoms with Gasteiger partial charge in [-0.3, -0.25) is 9.59 Å². The number of hydrogen-bond donors (Lipinski definition) is 2. The summed E-state index contributed by atoms with van der Waals surface area (Å²) >= 11 is 17.9. The second-order valence-electron chi connectivity index (χ2n) is 5.04. The summed E-state index contributed by atoms with van der Waals surface area (Å²) in [7, 11) is 0. The Kier molecular flexibility index (Phi) is 3.93. The Hall–Kier alpha value is -0.970. The van der Waals surface area contributed by atoms with Crippen molar-refractivity contribution in [1.82, 2.24) is 0 Å². The fraction of sp³-hybridized carbons (Fsp3) is 0.385. The van der Waals surface area contributed by atoms with Crippen LogP contribution in [-0.2, 0) is 9.59 Å². The van der Waals surface area contributed by atoms with E-state index >= 15 is 0 Å². The van der Waals surface area contributed by atoms with Crippen LogP contribution in [0.3, 0.4) is 0 Å². The lowest BCUT2D eigenvalue weighted by molar-refractivity contribution is -0.120. The molecule has 108 valence electrons. The Morgan fingerprint density at radius 2 is 1.85 bits per heavy atom. The molecule has 1 atom stereocenters. The Balaban J connectivity index is 2.10. The van der Waals surface area contributed by atoms with Crippen LogP contribution in [0.1, 0.15) is 20.3 Å². The van der Waals surface area contributed by atoms with Crippen LogP contribution in [0.4, 0.5) is 11.4 Å². The maximum absolute atomic E-state index is 12.1. The molecule has 0 spiro atoms.